The fourth-order valence-electron chi connectivity index (χ4n) is 2.16. The Morgan fingerprint density at radius 1 is 1.62 bits per heavy atom. The minimum absolute atomic E-state index is 0.0310. The topological polar surface area (TPSA) is 56.2 Å². The summed E-state index contributed by atoms with van der Waals surface area (Å²) in [6.45, 7) is 1.86. The number of nitrogens with one attached hydrogen (secondary N) is 1. The van der Waals surface area contributed by atoms with Crippen LogP contribution < -0.4 is 10.9 Å². The zero-order chi connectivity index (χ0) is 15.6. The molecule has 0 bridgehead atoms. The summed E-state index contributed by atoms with van der Waals surface area (Å²) in [5.74, 6) is 0.300. The van der Waals surface area contributed by atoms with E-state index in [9.17, 15) is 18.0 Å². The van der Waals surface area contributed by atoms with Crippen molar-refractivity contribution in [3.8, 4) is 0 Å². The molecule has 0 aromatic carbocycles. The predicted octanol–water partition coefficient (Wildman–Crippen LogP) is 2.41. The van der Waals surface area contributed by atoms with Crippen LogP contribution in [-0.2, 0) is 11.3 Å². The van der Waals surface area contributed by atoms with Crippen LogP contribution in [0.4, 0.5) is 18.9 Å². The summed E-state index contributed by atoms with van der Waals surface area (Å²) in [4.78, 5) is 11.9. The van der Waals surface area contributed by atoms with E-state index in [1.807, 2.05) is 6.92 Å². The lowest BCUT2D eigenvalue weighted by atomic mass is 10.0. The van der Waals surface area contributed by atoms with Crippen LogP contribution in [0, 0.1) is 5.92 Å². The molecule has 0 aliphatic carbocycles. The Hall–Kier alpha value is -1.09. The van der Waals surface area contributed by atoms with E-state index in [4.69, 9.17) is 4.74 Å². The molecule has 21 heavy (non-hydrogen) atoms. The van der Waals surface area contributed by atoms with Gasteiger partial charge in [-0.15, -0.1) is 0 Å². The third-order valence-corrected chi connectivity index (χ3v) is 4.14. The van der Waals surface area contributed by atoms with Gasteiger partial charge in [0.1, 0.15) is 11.0 Å². The van der Waals surface area contributed by atoms with E-state index in [0.29, 0.717) is 29.5 Å². The van der Waals surface area contributed by atoms with Gasteiger partial charge in [-0.2, -0.15) is 18.3 Å². The SMILES string of the molecule is CC(Nc1cnn(CC(F)(F)F)c(=O)c1Br)C1CCOC1. The number of hydrogen-bond donors (Lipinski definition) is 1. The van der Waals surface area contributed by atoms with Crippen LogP contribution in [0.15, 0.2) is 15.5 Å². The van der Waals surface area contributed by atoms with Crippen LogP contribution in [-0.4, -0.2) is 35.2 Å². The van der Waals surface area contributed by atoms with Gasteiger partial charge in [0.05, 0.1) is 18.5 Å². The van der Waals surface area contributed by atoms with Crippen molar-refractivity contribution < 1.29 is 17.9 Å². The molecule has 2 heterocycles. The summed E-state index contributed by atoms with van der Waals surface area (Å²) in [5, 5.41) is 6.66. The minimum atomic E-state index is -4.49. The summed E-state index contributed by atoms with van der Waals surface area (Å²) < 4.78 is 42.7. The van der Waals surface area contributed by atoms with Crippen LogP contribution in [0.25, 0.3) is 0 Å². The fourth-order valence-corrected chi connectivity index (χ4v) is 2.58. The number of halogens is 4. The lowest BCUT2D eigenvalue weighted by Gasteiger charge is -2.21. The smallest absolute Gasteiger partial charge is 0.381 e. The Kier molecular flexibility index (Phi) is 4.92. The molecule has 1 aromatic heterocycles. The van der Waals surface area contributed by atoms with Crippen LogP contribution in [0.1, 0.15) is 13.3 Å². The quantitative estimate of drug-likeness (QED) is 0.885. The number of nitrogens with zero attached hydrogens (tertiary/aromatic N) is 2. The van der Waals surface area contributed by atoms with Gasteiger partial charge in [0.25, 0.3) is 5.56 Å². The zero-order valence-electron chi connectivity index (χ0n) is 11.3. The van der Waals surface area contributed by atoms with Crippen molar-refractivity contribution in [2.45, 2.75) is 32.1 Å². The molecule has 2 atom stereocenters. The molecule has 0 saturated carbocycles. The molecule has 1 fully saturated rings. The molecule has 118 valence electrons. The Bertz CT molecular complexity index is 556. The average molecular weight is 370 g/mol. The van der Waals surface area contributed by atoms with Crippen molar-refractivity contribution in [2.75, 3.05) is 18.5 Å². The van der Waals surface area contributed by atoms with Crippen LogP contribution in [0.5, 0.6) is 0 Å². The van der Waals surface area contributed by atoms with Crippen molar-refractivity contribution in [3.63, 3.8) is 0 Å². The van der Waals surface area contributed by atoms with Crippen molar-refractivity contribution in [3.05, 3.63) is 21.0 Å². The van der Waals surface area contributed by atoms with Gasteiger partial charge in [0, 0.05) is 18.6 Å². The normalized spacial score (nSPS) is 20.5. The number of ether oxygens (including phenoxy) is 1. The first-order valence-electron chi connectivity index (χ1n) is 6.44. The lowest BCUT2D eigenvalue weighted by Crippen LogP contribution is -2.32. The maximum atomic E-state index is 12.3. The van der Waals surface area contributed by atoms with Gasteiger partial charge >= 0.3 is 6.18 Å². The Morgan fingerprint density at radius 3 is 2.90 bits per heavy atom. The first-order valence-corrected chi connectivity index (χ1v) is 7.24. The summed E-state index contributed by atoms with van der Waals surface area (Å²) in [5.41, 5.74) is -0.426. The average Bonchev–Trinajstić information content (AvgIpc) is 2.91. The van der Waals surface area contributed by atoms with E-state index in [0.717, 1.165) is 6.42 Å². The maximum Gasteiger partial charge on any atom is 0.408 e. The highest BCUT2D eigenvalue weighted by molar-refractivity contribution is 9.10. The lowest BCUT2D eigenvalue weighted by molar-refractivity contribution is -0.143. The zero-order valence-corrected chi connectivity index (χ0v) is 12.9. The minimum Gasteiger partial charge on any atom is -0.381 e. The standard InChI is InChI=1S/C12H15BrF3N3O2/c1-7(8-2-3-21-5-8)18-9-4-17-19(6-12(14,15)16)11(20)10(9)13/h4,7-8,18H,2-3,5-6H2,1H3. The summed E-state index contributed by atoms with van der Waals surface area (Å²) in [7, 11) is 0. The Morgan fingerprint density at radius 2 is 2.33 bits per heavy atom. The highest BCUT2D eigenvalue weighted by Gasteiger charge is 2.30. The fraction of sp³-hybridized carbons (Fsp3) is 0.667. The molecule has 9 heteroatoms. The number of hydrogen-bond acceptors (Lipinski definition) is 4. The van der Waals surface area contributed by atoms with Crippen LogP contribution in [0.3, 0.4) is 0 Å². The van der Waals surface area contributed by atoms with Crippen molar-refractivity contribution >= 4 is 21.6 Å². The Labute approximate surface area is 127 Å². The summed E-state index contributed by atoms with van der Waals surface area (Å²) in [6.07, 6.45) is -2.35. The number of anilines is 1. The van der Waals surface area contributed by atoms with E-state index >= 15 is 0 Å². The molecule has 0 spiro atoms. The van der Waals surface area contributed by atoms with Crippen LogP contribution >= 0.6 is 15.9 Å². The molecule has 2 rings (SSSR count). The van der Waals surface area contributed by atoms with Gasteiger partial charge in [0.15, 0.2) is 0 Å². The molecule has 0 radical (unpaired) electrons. The highest BCUT2D eigenvalue weighted by Crippen LogP contribution is 2.24. The van der Waals surface area contributed by atoms with Gasteiger partial charge in [-0.05, 0) is 29.3 Å². The molecule has 2 unspecified atom stereocenters. The molecule has 1 N–H and O–H groups in total. The van der Waals surface area contributed by atoms with Gasteiger partial charge in [0.2, 0.25) is 0 Å². The van der Waals surface area contributed by atoms with E-state index in [-0.39, 0.29) is 10.5 Å². The molecular weight excluding hydrogens is 355 g/mol. The predicted molar refractivity (Wildman–Crippen MR) is 74.3 cm³/mol. The summed E-state index contributed by atoms with van der Waals surface area (Å²) >= 11 is 3.04. The molecule has 1 aliphatic rings. The second kappa shape index (κ2) is 6.35. The molecular formula is C12H15BrF3N3O2. The second-order valence-electron chi connectivity index (χ2n) is 5.01. The summed E-state index contributed by atoms with van der Waals surface area (Å²) in [6, 6.07) is 0.0310. The first kappa shape index (κ1) is 16.3. The molecule has 1 aliphatic heterocycles. The molecule has 1 saturated heterocycles. The molecule has 1 aromatic rings. The highest BCUT2D eigenvalue weighted by atomic mass is 79.9. The van der Waals surface area contributed by atoms with Crippen molar-refractivity contribution in [2.24, 2.45) is 5.92 Å². The first-order chi connectivity index (χ1) is 9.78. The molecule has 5 nitrogen and oxygen atoms in total. The van der Waals surface area contributed by atoms with E-state index in [1.165, 1.54) is 6.20 Å². The third-order valence-electron chi connectivity index (χ3n) is 3.37. The Balaban J connectivity index is 2.14. The van der Waals surface area contributed by atoms with Crippen molar-refractivity contribution in [1.82, 2.24) is 9.78 Å². The van der Waals surface area contributed by atoms with E-state index in [2.05, 4.69) is 26.3 Å². The monoisotopic (exact) mass is 369 g/mol. The van der Waals surface area contributed by atoms with Gasteiger partial charge < -0.3 is 10.1 Å². The molecule has 0 amide bonds. The van der Waals surface area contributed by atoms with E-state index in [1.54, 1.807) is 0 Å². The van der Waals surface area contributed by atoms with Gasteiger partial charge in [-0.25, -0.2) is 4.68 Å². The van der Waals surface area contributed by atoms with Crippen molar-refractivity contribution in [1.29, 1.82) is 0 Å². The second-order valence-corrected chi connectivity index (χ2v) is 5.80. The largest absolute Gasteiger partial charge is 0.408 e. The van der Waals surface area contributed by atoms with E-state index < -0.39 is 18.3 Å². The maximum absolute atomic E-state index is 12.3. The number of alkyl halides is 3. The number of rotatable bonds is 4. The van der Waals surface area contributed by atoms with Gasteiger partial charge in [-0.3, -0.25) is 4.79 Å². The number of aromatic nitrogens is 2. The van der Waals surface area contributed by atoms with Gasteiger partial charge in [-0.1, -0.05) is 0 Å². The third kappa shape index (κ3) is 4.19. The van der Waals surface area contributed by atoms with Crippen LogP contribution in [0.2, 0.25) is 0 Å².